The standard InChI is InChI=1S/C23H27N3O5.C10H17NO2/c1-23(2,3)18-11-14(8-9-25(18)22(30)31)13-4-5-16-15(10-13)12-26(21(16)29)17-6-7-19(27)24-20(17)28;1-10(2,3)13-9(12)11-7-5-4-6-8-11/h4-5,10-11,17-18H,6-9,12H2,1-3H3,(H,30,31)(H,24,27,28);4-5H,6-8H2,1-3H3. The van der Waals surface area contributed by atoms with Crippen LogP contribution in [0.3, 0.4) is 0 Å². The van der Waals surface area contributed by atoms with Crippen LogP contribution in [0.25, 0.3) is 5.57 Å². The monoisotopic (exact) mass is 608 g/mol. The molecule has 11 heteroatoms. The molecular weight excluding hydrogens is 564 g/mol. The highest BCUT2D eigenvalue weighted by atomic mass is 16.6. The summed E-state index contributed by atoms with van der Waals surface area (Å²) in [7, 11) is 0. The molecule has 0 spiro atoms. The zero-order valence-electron chi connectivity index (χ0n) is 26.5. The molecule has 2 unspecified atom stereocenters. The third-order valence-corrected chi connectivity index (χ3v) is 8.05. The minimum atomic E-state index is -0.922. The van der Waals surface area contributed by atoms with Crippen LogP contribution in [0.15, 0.2) is 36.4 Å². The fourth-order valence-electron chi connectivity index (χ4n) is 5.82. The van der Waals surface area contributed by atoms with Gasteiger partial charge in [-0.2, -0.15) is 0 Å². The second kappa shape index (κ2) is 12.8. The Balaban J connectivity index is 0.000000285. The molecule has 0 bridgehead atoms. The number of ether oxygens (including phenoxy) is 1. The average Bonchev–Trinajstić information content (AvgIpc) is 3.27. The van der Waals surface area contributed by atoms with E-state index >= 15 is 0 Å². The molecule has 2 atom stereocenters. The molecule has 5 rings (SSSR count). The van der Waals surface area contributed by atoms with Gasteiger partial charge in [0.15, 0.2) is 0 Å². The van der Waals surface area contributed by atoms with Crippen molar-refractivity contribution in [2.75, 3.05) is 19.6 Å². The lowest BCUT2D eigenvalue weighted by Crippen LogP contribution is -2.52. The quantitative estimate of drug-likeness (QED) is 0.363. The van der Waals surface area contributed by atoms with E-state index in [9.17, 15) is 29.1 Å². The number of imide groups is 1. The molecule has 1 aromatic carbocycles. The van der Waals surface area contributed by atoms with Crippen molar-refractivity contribution in [1.82, 2.24) is 20.0 Å². The molecule has 44 heavy (non-hydrogen) atoms. The van der Waals surface area contributed by atoms with E-state index in [1.54, 1.807) is 11.0 Å². The minimum absolute atomic E-state index is 0.196. The Kier molecular flexibility index (Phi) is 9.56. The SMILES string of the molecule is CC(C)(C)C1C=C(c2ccc3c(c2)CN(C2CCC(=O)NC2=O)C3=O)CCN1C(=O)O.CC(C)(C)OC(=O)N1CC=CCC1. The molecule has 5 amide bonds. The van der Waals surface area contributed by atoms with Gasteiger partial charge in [-0.3, -0.25) is 19.7 Å². The molecule has 0 radical (unpaired) electrons. The molecule has 2 N–H and O–H groups in total. The van der Waals surface area contributed by atoms with Crippen LogP contribution in [-0.2, 0) is 20.9 Å². The Morgan fingerprint density at radius 3 is 2.32 bits per heavy atom. The number of carbonyl (C=O) groups is 5. The number of nitrogens with zero attached hydrogens (tertiary/aromatic N) is 3. The van der Waals surface area contributed by atoms with Crippen LogP contribution < -0.4 is 5.32 Å². The van der Waals surface area contributed by atoms with Gasteiger partial charge < -0.3 is 24.5 Å². The van der Waals surface area contributed by atoms with E-state index in [-0.39, 0.29) is 35.8 Å². The number of fused-ring (bicyclic) bond motifs is 1. The van der Waals surface area contributed by atoms with Gasteiger partial charge in [0.05, 0.1) is 6.04 Å². The summed E-state index contributed by atoms with van der Waals surface area (Å²) in [6.07, 6.45) is 7.06. The first-order valence-corrected chi connectivity index (χ1v) is 15.2. The van der Waals surface area contributed by atoms with E-state index in [0.717, 1.165) is 29.7 Å². The second-order valence-corrected chi connectivity index (χ2v) is 13.7. The van der Waals surface area contributed by atoms with Crippen molar-refractivity contribution >= 4 is 35.5 Å². The zero-order valence-corrected chi connectivity index (χ0v) is 26.5. The fourth-order valence-corrected chi connectivity index (χ4v) is 5.82. The number of benzene rings is 1. The van der Waals surface area contributed by atoms with Crippen LogP contribution in [0.2, 0.25) is 0 Å². The number of piperidine rings is 1. The van der Waals surface area contributed by atoms with Crippen LogP contribution in [0.4, 0.5) is 9.59 Å². The topological polar surface area (TPSA) is 137 Å². The Morgan fingerprint density at radius 2 is 1.73 bits per heavy atom. The summed E-state index contributed by atoms with van der Waals surface area (Å²) < 4.78 is 5.23. The number of hydrogen-bond acceptors (Lipinski definition) is 6. The van der Waals surface area contributed by atoms with Crippen molar-refractivity contribution in [2.45, 2.75) is 91.5 Å². The number of hydrogen-bond donors (Lipinski definition) is 2. The van der Waals surface area contributed by atoms with Crippen molar-refractivity contribution in [3.63, 3.8) is 0 Å². The lowest BCUT2D eigenvalue weighted by Gasteiger charge is -2.40. The van der Waals surface area contributed by atoms with Gasteiger partial charge in [-0.05, 0) is 74.3 Å². The van der Waals surface area contributed by atoms with Crippen LogP contribution in [0.5, 0.6) is 0 Å². The maximum atomic E-state index is 12.9. The van der Waals surface area contributed by atoms with Gasteiger partial charge in [0.2, 0.25) is 11.8 Å². The third-order valence-electron chi connectivity index (χ3n) is 8.05. The highest BCUT2D eigenvalue weighted by molar-refractivity contribution is 6.05. The first kappa shape index (κ1) is 32.8. The average molecular weight is 609 g/mol. The Labute approximate surface area is 258 Å². The van der Waals surface area contributed by atoms with Gasteiger partial charge >= 0.3 is 12.2 Å². The lowest BCUT2D eigenvalue weighted by molar-refractivity contribution is -0.136. The maximum Gasteiger partial charge on any atom is 0.410 e. The number of rotatable bonds is 2. The van der Waals surface area contributed by atoms with Gasteiger partial charge in [0.25, 0.3) is 5.91 Å². The van der Waals surface area contributed by atoms with Gasteiger partial charge in [0.1, 0.15) is 11.6 Å². The van der Waals surface area contributed by atoms with Crippen LogP contribution in [-0.4, -0.2) is 87.0 Å². The molecule has 1 aromatic rings. The van der Waals surface area contributed by atoms with Gasteiger partial charge in [-0.25, -0.2) is 9.59 Å². The molecule has 4 aliphatic heterocycles. The maximum absolute atomic E-state index is 12.9. The van der Waals surface area contributed by atoms with Gasteiger partial charge in [-0.1, -0.05) is 45.1 Å². The number of carbonyl (C=O) groups excluding carboxylic acids is 4. The molecule has 0 aromatic heterocycles. The first-order valence-electron chi connectivity index (χ1n) is 15.2. The van der Waals surface area contributed by atoms with Crippen molar-refractivity contribution < 1.29 is 33.8 Å². The summed E-state index contributed by atoms with van der Waals surface area (Å²) in [5.41, 5.74) is 2.81. The summed E-state index contributed by atoms with van der Waals surface area (Å²) in [6.45, 7) is 13.9. The van der Waals surface area contributed by atoms with Crippen molar-refractivity contribution in [2.24, 2.45) is 5.41 Å². The van der Waals surface area contributed by atoms with E-state index in [0.29, 0.717) is 38.0 Å². The summed E-state index contributed by atoms with van der Waals surface area (Å²) in [5, 5.41) is 11.9. The third kappa shape index (κ3) is 7.67. The van der Waals surface area contributed by atoms with Crippen molar-refractivity contribution in [3.05, 3.63) is 53.1 Å². The molecule has 11 nitrogen and oxygen atoms in total. The van der Waals surface area contributed by atoms with E-state index in [1.807, 2.05) is 65.8 Å². The predicted molar refractivity (Wildman–Crippen MR) is 165 cm³/mol. The lowest BCUT2D eigenvalue weighted by atomic mass is 9.81. The van der Waals surface area contributed by atoms with Crippen molar-refractivity contribution in [1.29, 1.82) is 0 Å². The van der Waals surface area contributed by atoms with Gasteiger partial charge in [0, 0.05) is 38.2 Å². The molecule has 0 aliphatic carbocycles. The summed E-state index contributed by atoms with van der Waals surface area (Å²) in [5.74, 6) is -0.923. The second-order valence-electron chi connectivity index (χ2n) is 13.7. The van der Waals surface area contributed by atoms with Crippen molar-refractivity contribution in [3.8, 4) is 0 Å². The largest absolute Gasteiger partial charge is 0.465 e. The number of amides is 5. The molecule has 4 heterocycles. The molecule has 4 aliphatic rings. The van der Waals surface area contributed by atoms with Gasteiger partial charge in [-0.15, -0.1) is 0 Å². The highest BCUT2D eigenvalue weighted by Gasteiger charge is 2.40. The normalized spacial score (nSPS) is 22.1. The van der Waals surface area contributed by atoms with E-state index in [4.69, 9.17) is 4.74 Å². The number of nitrogens with one attached hydrogen (secondary N) is 1. The highest BCUT2D eigenvalue weighted by Crippen LogP contribution is 2.36. The smallest absolute Gasteiger partial charge is 0.410 e. The minimum Gasteiger partial charge on any atom is -0.465 e. The van der Waals surface area contributed by atoms with E-state index in [1.165, 1.54) is 9.80 Å². The molecule has 1 fully saturated rings. The molecule has 238 valence electrons. The van der Waals surface area contributed by atoms with Crippen LogP contribution in [0, 0.1) is 5.41 Å². The fraction of sp³-hybridized carbons (Fsp3) is 0.545. The van der Waals surface area contributed by atoms with Crippen LogP contribution in [0.1, 0.15) is 88.7 Å². The Bertz CT molecular complexity index is 1390. The number of carboxylic acid groups (broad SMARTS) is 1. The Morgan fingerprint density at radius 1 is 1.00 bits per heavy atom. The van der Waals surface area contributed by atoms with E-state index < -0.39 is 23.6 Å². The molecule has 0 saturated carbocycles. The molecule has 1 saturated heterocycles. The van der Waals surface area contributed by atoms with E-state index in [2.05, 4.69) is 11.4 Å². The Hall–Kier alpha value is -4.15. The molecular formula is C33H44N4O7. The summed E-state index contributed by atoms with van der Waals surface area (Å²) in [4.78, 5) is 64.4. The first-order chi connectivity index (χ1) is 20.5. The summed E-state index contributed by atoms with van der Waals surface area (Å²) >= 11 is 0. The predicted octanol–water partition coefficient (Wildman–Crippen LogP) is 4.81. The zero-order chi connectivity index (χ0) is 32.4. The summed E-state index contributed by atoms with van der Waals surface area (Å²) in [6, 6.07) is 4.77. The van der Waals surface area contributed by atoms with Crippen LogP contribution >= 0.6 is 0 Å².